The molecule has 0 saturated carbocycles. The van der Waals surface area contributed by atoms with E-state index in [0.29, 0.717) is 6.61 Å². The summed E-state index contributed by atoms with van der Waals surface area (Å²) in [4.78, 5) is 11.6. The van der Waals surface area contributed by atoms with E-state index in [-0.39, 0.29) is 6.42 Å². The lowest BCUT2D eigenvalue weighted by Crippen LogP contribution is -1.99. The summed E-state index contributed by atoms with van der Waals surface area (Å²) in [5.74, 6) is 0.169. The smallest absolute Gasteiger partial charge is 0.303 e. The molecule has 4 heteroatoms. The molecule has 100 valence electrons. The first-order valence-corrected chi connectivity index (χ1v) is 7.35. The zero-order chi connectivity index (χ0) is 13.4. The summed E-state index contributed by atoms with van der Waals surface area (Å²) in [7, 11) is 0. The van der Waals surface area contributed by atoms with Crippen LogP contribution in [0.5, 0.6) is 5.75 Å². The highest BCUT2D eigenvalue weighted by molar-refractivity contribution is 7.98. The standard InChI is InChI=1S/C14H20O3S/c1-11-10-12(7-8-13(11)18-2)17-9-5-3-4-6-14(15)16/h7-8,10H,3-6,9H2,1-2H3,(H,15,16). The Labute approximate surface area is 113 Å². The van der Waals surface area contributed by atoms with Gasteiger partial charge in [-0.15, -0.1) is 11.8 Å². The van der Waals surface area contributed by atoms with Gasteiger partial charge in [0, 0.05) is 11.3 Å². The number of ether oxygens (including phenoxy) is 1. The Morgan fingerprint density at radius 2 is 2.11 bits per heavy atom. The van der Waals surface area contributed by atoms with Gasteiger partial charge in [0.1, 0.15) is 5.75 Å². The summed E-state index contributed by atoms with van der Waals surface area (Å²) in [6, 6.07) is 6.10. The molecule has 18 heavy (non-hydrogen) atoms. The fraction of sp³-hybridized carbons (Fsp3) is 0.500. The third-order valence-corrected chi connectivity index (χ3v) is 3.57. The van der Waals surface area contributed by atoms with Gasteiger partial charge in [-0.3, -0.25) is 4.79 Å². The van der Waals surface area contributed by atoms with Gasteiger partial charge in [-0.25, -0.2) is 0 Å². The fourth-order valence-corrected chi connectivity index (χ4v) is 2.27. The lowest BCUT2D eigenvalue weighted by atomic mass is 10.2. The Morgan fingerprint density at radius 1 is 1.33 bits per heavy atom. The molecular formula is C14H20O3S. The van der Waals surface area contributed by atoms with Crippen LogP contribution in [0.4, 0.5) is 0 Å². The molecule has 0 aliphatic heterocycles. The number of carboxylic acids is 1. The molecule has 0 spiro atoms. The van der Waals surface area contributed by atoms with Gasteiger partial charge >= 0.3 is 5.97 Å². The maximum Gasteiger partial charge on any atom is 0.303 e. The van der Waals surface area contributed by atoms with Gasteiger partial charge in [0.25, 0.3) is 0 Å². The van der Waals surface area contributed by atoms with E-state index in [9.17, 15) is 4.79 Å². The van der Waals surface area contributed by atoms with Crippen molar-refractivity contribution in [2.24, 2.45) is 0 Å². The van der Waals surface area contributed by atoms with Crippen molar-refractivity contribution in [1.29, 1.82) is 0 Å². The maximum absolute atomic E-state index is 10.3. The highest BCUT2D eigenvalue weighted by Gasteiger charge is 2.00. The topological polar surface area (TPSA) is 46.5 Å². The minimum absolute atomic E-state index is 0.252. The number of aliphatic carboxylic acids is 1. The number of hydrogen-bond acceptors (Lipinski definition) is 3. The molecular weight excluding hydrogens is 248 g/mol. The maximum atomic E-state index is 10.3. The molecule has 0 atom stereocenters. The predicted molar refractivity (Wildman–Crippen MR) is 74.6 cm³/mol. The van der Waals surface area contributed by atoms with E-state index in [1.165, 1.54) is 10.5 Å². The zero-order valence-electron chi connectivity index (χ0n) is 10.9. The van der Waals surface area contributed by atoms with Crippen molar-refractivity contribution < 1.29 is 14.6 Å². The van der Waals surface area contributed by atoms with Crippen molar-refractivity contribution in [2.45, 2.75) is 37.5 Å². The van der Waals surface area contributed by atoms with E-state index < -0.39 is 5.97 Å². The van der Waals surface area contributed by atoms with Gasteiger partial charge in [0.2, 0.25) is 0 Å². The molecule has 0 aliphatic rings. The number of thioether (sulfide) groups is 1. The van der Waals surface area contributed by atoms with Crippen LogP contribution >= 0.6 is 11.8 Å². The third kappa shape index (κ3) is 5.45. The van der Waals surface area contributed by atoms with Crippen LogP contribution in [0.15, 0.2) is 23.1 Å². The predicted octanol–water partition coefficient (Wildman–Crippen LogP) is 3.74. The van der Waals surface area contributed by atoms with E-state index in [2.05, 4.69) is 19.2 Å². The van der Waals surface area contributed by atoms with E-state index in [1.807, 2.05) is 12.1 Å². The van der Waals surface area contributed by atoms with Crippen LogP contribution in [0.1, 0.15) is 31.2 Å². The van der Waals surface area contributed by atoms with Crippen LogP contribution in [0.2, 0.25) is 0 Å². The highest BCUT2D eigenvalue weighted by Crippen LogP contribution is 2.24. The molecule has 0 heterocycles. The molecule has 1 aromatic carbocycles. The molecule has 0 radical (unpaired) electrons. The minimum atomic E-state index is -0.723. The summed E-state index contributed by atoms with van der Waals surface area (Å²) in [5, 5.41) is 8.49. The Balaban J connectivity index is 2.23. The van der Waals surface area contributed by atoms with Crippen molar-refractivity contribution in [3.63, 3.8) is 0 Å². The monoisotopic (exact) mass is 268 g/mol. The van der Waals surface area contributed by atoms with Crippen molar-refractivity contribution in [2.75, 3.05) is 12.9 Å². The second-order valence-electron chi connectivity index (χ2n) is 4.18. The first-order valence-electron chi connectivity index (χ1n) is 6.12. The van der Waals surface area contributed by atoms with Gasteiger partial charge in [0.05, 0.1) is 6.61 Å². The zero-order valence-corrected chi connectivity index (χ0v) is 11.8. The van der Waals surface area contributed by atoms with Crippen LogP contribution in [-0.4, -0.2) is 23.9 Å². The van der Waals surface area contributed by atoms with E-state index >= 15 is 0 Å². The summed E-state index contributed by atoms with van der Waals surface area (Å²) in [6.45, 7) is 2.73. The molecule has 1 aromatic rings. The molecule has 0 bridgehead atoms. The van der Waals surface area contributed by atoms with Crippen molar-refractivity contribution in [3.05, 3.63) is 23.8 Å². The lowest BCUT2D eigenvalue weighted by molar-refractivity contribution is -0.137. The largest absolute Gasteiger partial charge is 0.494 e. The van der Waals surface area contributed by atoms with Crippen molar-refractivity contribution in [1.82, 2.24) is 0 Å². The SMILES string of the molecule is CSc1ccc(OCCCCCC(=O)O)cc1C. The van der Waals surface area contributed by atoms with Crippen LogP contribution in [0, 0.1) is 6.92 Å². The van der Waals surface area contributed by atoms with Crippen LogP contribution < -0.4 is 4.74 Å². The highest BCUT2D eigenvalue weighted by atomic mass is 32.2. The minimum Gasteiger partial charge on any atom is -0.494 e. The number of aryl methyl sites for hydroxylation is 1. The van der Waals surface area contributed by atoms with Crippen molar-refractivity contribution in [3.8, 4) is 5.75 Å². The third-order valence-electron chi connectivity index (χ3n) is 2.67. The second kappa shape index (κ2) is 8.03. The lowest BCUT2D eigenvalue weighted by Gasteiger charge is -2.08. The van der Waals surface area contributed by atoms with Gasteiger partial charge in [-0.2, -0.15) is 0 Å². The fourth-order valence-electron chi connectivity index (χ4n) is 1.69. The van der Waals surface area contributed by atoms with Crippen molar-refractivity contribution >= 4 is 17.7 Å². The molecule has 0 unspecified atom stereocenters. The molecule has 0 aromatic heterocycles. The first-order chi connectivity index (χ1) is 8.63. The Morgan fingerprint density at radius 3 is 2.72 bits per heavy atom. The van der Waals surface area contributed by atoms with Crippen LogP contribution in [-0.2, 0) is 4.79 Å². The average molecular weight is 268 g/mol. The molecule has 1 rings (SSSR count). The number of hydrogen-bond donors (Lipinski definition) is 1. The number of carbonyl (C=O) groups is 1. The summed E-state index contributed by atoms with van der Waals surface area (Å²) in [5.41, 5.74) is 1.23. The van der Waals surface area contributed by atoms with E-state index in [0.717, 1.165) is 25.0 Å². The number of benzene rings is 1. The molecule has 3 nitrogen and oxygen atoms in total. The number of unbranched alkanes of at least 4 members (excludes halogenated alkanes) is 2. The molecule has 0 saturated heterocycles. The Kier molecular flexibility index (Phi) is 6.65. The summed E-state index contributed by atoms with van der Waals surface area (Å²) < 4.78 is 5.64. The normalized spacial score (nSPS) is 10.3. The molecule has 0 fully saturated rings. The number of carboxylic acid groups (broad SMARTS) is 1. The van der Waals surface area contributed by atoms with Crippen LogP contribution in [0.3, 0.4) is 0 Å². The van der Waals surface area contributed by atoms with Crippen LogP contribution in [0.25, 0.3) is 0 Å². The van der Waals surface area contributed by atoms with Gasteiger partial charge < -0.3 is 9.84 Å². The quantitative estimate of drug-likeness (QED) is 0.576. The Hall–Kier alpha value is -1.16. The molecule has 0 amide bonds. The first kappa shape index (κ1) is 14.9. The van der Waals surface area contributed by atoms with E-state index in [1.54, 1.807) is 11.8 Å². The van der Waals surface area contributed by atoms with Gasteiger partial charge in [-0.05, 0) is 56.2 Å². The second-order valence-corrected chi connectivity index (χ2v) is 5.03. The Bertz CT molecular complexity index is 391. The summed E-state index contributed by atoms with van der Waals surface area (Å²) >= 11 is 1.73. The van der Waals surface area contributed by atoms with Gasteiger partial charge in [0.15, 0.2) is 0 Å². The molecule has 0 aliphatic carbocycles. The van der Waals surface area contributed by atoms with E-state index in [4.69, 9.17) is 9.84 Å². The number of rotatable bonds is 8. The molecule has 1 N–H and O–H groups in total. The summed E-state index contributed by atoms with van der Waals surface area (Å²) in [6.07, 6.45) is 4.83. The van der Waals surface area contributed by atoms with Gasteiger partial charge in [-0.1, -0.05) is 0 Å². The average Bonchev–Trinajstić information content (AvgIpc) is 2.33.